The summed E-state index contributed by atoms with van der Waals surface area (Å²) in [6.07, 6.45) is 3.03. The van der Waals surface area contributed by atoms with Crippen molar-refractivity contribution in [2.45, 2.75) is 32.2 Å². The summed E-state index contributed by atoms with van der Waals surface area (Å²) < 4.78 is 13.5. The van der Waals surface area contributed by atoms with Crippen molar-refractivity contribution in [2.75, 3.05) is 20.1 Å². The van der Waals surface area contributed by atoms with E-state index in [1.807, 2.05) is 7.05 Å². The zero-order chi connectivity index (χ0) is 13.8. The molecule has 0 saturated carbocycles. The molecule has 112 valence electrons. The first-order valence-corrected chi connectivity index (χ1v) is 6.83. The number of halogens is 2. The minimum absolute atomic E-state index is 0. The lowest BCUT2D eigenvalue weighted by Gasteiger charge is -2.27. The van der Waals surface area contributed by atoms with Crippen LogP contribution in [0.4, 0.5) is 4.39 Å². The first-order chi connectivity index (χ1) is 9.09. The number of carbonyl (C=O) groups is 1. The summed E-state index contributed by atoms with van der Waals surface area (Å²) in [5.74, 6) is -0.410. The Morgan fingerprint density at radius 3 is 2.80 bits per heavy atom. The Hall–Kier alpha value is -1.13. The van der Waals surface area contributed by atoms with Gasteiger partial charge < -0.3 is 10.2 Å². The predicted octanol–water partition coefficient (Wildman–Crippen LogP) is 2.77. The molecule has 20 heavy (non-hydrogen) atoms. The van der Waals surface area contributed by atoms with Gasteiger partial charge in [-0.15, -0.1) is 12.4 Å². The molecule has 0 bridgehead atoms. The molecule has 1 aliphatic rings. The molecule has 2 rings (SSSR count). The molecule has 3 nitrogen and oxygen atoms in total. The van der Waals surface area contributed by atoms with Crippen LogP contribution in [0.15, 0.2) is 18.2 Å². The van der Waals surface area contributed by atoms with Crippen LogP contribution in [0.1, 0.15) is 35.2 Å². The highest BCUT2D eigenvalue weighted by Gasteiger charge is 2.22. The van der Waals surface area contributed by atoms with Crippen molar-refractivity contribution in [3.8, 4) is 0 Å². The highest BCUT2D eigenvalue weighted by molar-refractivity contribution is 5.94. The molecular formula is C15H22ClFN2O. The van der Waals surface area contributed by atoms with Gasteiger partial charge in [0.15, 0.2) is 0 Å². The van der Waals surface area contributed by atoms with E-state index >= 15 is 0 Å². The molecule has 1 fully saturated rings. The summed E-state index contributed by atoms with van der Waals surface area (Å²) in [6, 6.07) is 4.94. The van der Waals surface area contributed by atoms with Crippen molar-refractivity contribution >= 4 is 18.3 Å². The Bertz CT molecular complexity index is 459. The van der Waals surface area contributed by atoms with E-state index in [9.17, 15) is 9.18 Å². The number of amides is 1. The average molecular weight is 301 g/mol. The standard InChI is InChI=1S/C15H21FN2O.ClH/c1-11-5-6-12(10-14(11)16)15(19)18(2)13-4-3-8-17-9-7-13;/h5-6,10,13,17H,3-4,7-9H2,1-2H3;1H. The van der Waals surface area contributed by atoms with Crippen LogP contribution in [-0.4, -0.2) is 37.0 Å². The third-order valence-corrected chi connectivity index (χ3v) is 3.83. The Morgan fingerprint density at radius 1 is 1.35 bits per heavy atom. The van der Waals surface area contributed by atoms with Crippen LogP contribution in [0, 0.1) is 12.7 Å². The molecule has 0 spiro atoms. The van der Waals surface area contributed by atoms with E-state index in [4.69, 9.17) is 0 Å². The van der Waals surface area contributed by atoms with Gasteiger partial charge in [-0.3, -0.25) is 4.79 Å². The van der Waals surface area contributed by atoms with Crippen LogP contribution in [0.2, 0.25) is 0 Å². The molecule has 1 unspecified atom stereocenters. The smallest absolute Gasteiger partial charge is 0.253 e. The second kappa shape index (κ2) is 7.60. The molecule has 1 aromatic carbocycles. The molecule has 1 atom stereocenters. The van der Waals surface area contributed by atoms with E-state index in [-0.39, 0.29) is 30.2 Å². The molecule has 5 heteroatoms. The number of aryl methyl sites for hydroxylation is 1. The predicted molar refractivity (Wildman–Crippen MR) is 81.0 cm³/mol. The van der Waals surface area contributed by atoms with Crippen LogP contribution >= 0.6 is 12.4 Å². The fraction of sp³-hybridized carbons (Fsp3) is 0.533. The Labute approximate surface area is 125 Å². The molecule has 0 radical (unpaired) electrons. The molecule has 0 aliphatic carbocycles. The van der Waals surface area contributed by atoms with E-state index < -0.39 is 0 Å². The quantitative estimate of drug-likeness (QED) is 0.911. The minimum Gasteiger partial charge on any atom is -0.339 e. The van der Waals surface area contributed by atoms with Gasteiger partial charge in [0, 0.05) is 18.7 Å². The normalized spacial score (nSPS) is 18.9. The number of hydrogen-bond donors (Lipinski definition) is 1. The second-order valence-electron chi connectivity index (χ2n) is 5.21. The first kappa shape index (κ1) is 16.9. The van der Waals surface area contributed by atoms with Gasteiger partial charge in [0.1, 0.15) is 5.82 Å². The van der Waals surface area contributed by atoms with E-state index in [1.165, 1.54) is 6.07 Å². The maximum Gasteiger partial charge on any atom is 0.253 e. The zero-order valence-corrected chi connectivity index (χ0v) is 12.8. The van der Waals surface area contributed by atoms with Crippen molar-refractivity contribution in [2.24, 2.45) is 0 Å². The van der Waals surface area contributed by atoms with Gasteiger partial charge in [0.05, 0.1) is 0 Å². The van der Waals surface area contributed by atoms with E-state index in [1.54, 1.807) is 24.0 Å². The number of hydrogen-bond acceptors (Lipinski definition) is 2. The van der Waals surface area contributed by atoms with E-state index in [0.29, 0.717) is 11.1 Å². The fourth-order valence-corrected chi connectivity index (χ4v) is 2.48. The van der Waals surface area contributed by atoms with Crippen LogP contribution in [-0.2, 0) is 0 Å². The van der Waals surface area contributed by atoms with Gasteiger partial charge in [-0.2, -0.15) is 0 Å². The summed E-state index contributed by atoms with van der Waals surface area (Å²) in [5, 5.41) is 3.33. The molecule has 1 heterocycles. The lowest BCUT2D eigenvalue weighted by atomic mass is 10.1. The zero-order valence-electron chi connectivity index (χ0n) is 12.0. The number of rotatable bonds is 2. The fourth-order valence-electron chi connectivity index (χ4n) is 2.48. The van der Waals surface area contributed by atoms with Gasteiger partial charge in [0.2, 0.25) is 0 Å². The summed E-state index contributed by atoms with van der Waals surface area (Å²) in [4.78, 5) is 14.1. The van der Waals surface area contributed by atoms with Crippen LogP contribution in [0.5, 0.6) is 0 Å². The van der Waals surface area contributed by atoms with Gasteiger partial charge in [-0.05, 0) is 57.0 Å². The third kappa shape index (κ3) is 3.93. The number of benzene rings is 1. The molecule has 0 aromatic heterocycles. The lowest BCUT2D eigenvalue weighted by molar-refractivity contribution is 0.0720. The monoisotopic (exact) mass is 300 g/mol. The van der Waals surface area contributed by atoms with Crippen LogP contribution in [0.3, 0.4) is 0 Å². The largest absolute Gasteiger partial charge is 0.339 e. The number of nitrogens with one attached hydrogen (secondary N) is 1. The van der Waals surface area contributed by atoms with Gasteiger partial charge >= 0.3 is 0 Å². The van der Waals surface area contributed by atoms with E-state index in [2.05, 4.69) is 5.32 Å². The highest BCUT2D eigenvalue weighted by Crippen LogP contribution is 2.16. The maximum atomic E-state index is 13.5. The van der Waals surface area contributed by atoms with Crippen LogP contribution in [0.25, 0.3) is 0 Å². The Balaban J connectivity index is 0.00000200. The van der Waals surface area contributed by atoms with Crippen molar-refractivity contribution in [3.63, 3.8) is 0 Å². The third-order valence-electron chi connectivity index (χ3n) is 3.83. The van der Waals surface area contributed by atoms with Gasteiger partial charge in [0.25, 0.3) is 5.91 Å². The van der Waals surface area contributed by atoms with Crippen molar-refractivity contribution in [1.82, 2.24) is 10.2 Å². The van der Waals surface area contributed by atoms with Gasteiger partial charge in [-0.1, -0.05) is 6.07 Å². The van der Waals surface area contributed by atoms with Crippen molar-refractivity contribution < 1.29 is 9.18 Å². The average Bonchev–Trinajstić information content (AvgIpc) is 2.69. The highest BCUT2D eigenvalue weighted by atomic mass is 35.5. The van der Waals surface area contributed by atoms with Crippen molar-refractivity contribution in [1.29, 1.82) is 0 Å². The maximum absolute atomic E-state index is 13.5. The Morgan fingerprint density at radius 2 is 2.10 bits per heavy atom. The number of nitrogens with zero attached hydrogens (tertiary/aromatic N) is 1. The SMILES string of the molecule is Cc1ccc(C(=O)N(C)C2CCCNCC2)cc1F.Cl. The summed E-state index contributed by atoms with van der Waals surface area (Å²) >= 11 is 0. The summed E-state index contributed by atoms with van der Waals surface area (Å²) in [5.41, 5.74) is 1.00. The molecule has 1 amide bonds. The van der Waals surface area contributed by atoms with Crippen molar-refractivity contribution in [3.05, 3.63) is 35.1 Å². The molecular weight excluding hydrogens is 279 g/mol. The van der Waals surface area contributed by atoms with Crippen LogP contribution < -0.4 is 5.32 Å². The summed E-state index contributed by atoms with van der Waals surface area (Å²) in [7, 11) is 1.82. The second-order valence-corrected chi connectivity index (χ2v) is 5.21. The number of carbonyl (C=O) groups excluding carboxylic acids is 1. The molecule has 1 aliphatic heterocycles. The molecule has 1 saturated heterocycles. The molecule has 1 aromatic rings. The first-order valence-electron chi connectivity index (χ1n) is 6.83. The van der Waals surface area contributed by atoms with E-state index in [0.717, 1.165) is 32.4 Å². The lowest BCUT2D eigenvalue weighted by Crippen LogP contribution is -2.37. The Kier molecular flexibility index (Phi) is 6.43. The minimum atomic E-state index is -0.318. The molecule has 1 N–H and O–H groups in total. The van der Waals surface area contributed by atoms with Gasteiger partial charge in [-0.25, -0.2) is 4.39 Å². The summed E-state index contributed by atoms with van der Waals surface area (Å²) in [6.45, 7) is 3.65. The topological polar surface area (TPSA) is 32.3 Å².